The van der Waals surface area contributed by atoms with E-state index < -0.39 is 5.91 Å². The molecular formula is C15H14ClNO3. The molecule has 0 heterocycles. The highest BCUT2D eigenvalue weighted by molar-refractivity contribution is 6.17. The van der Waals surface area contributed by atoms with Crippen LogP contribution in [0.25, 0.3) is 0 Å². The predicted molar refractivity (Wildman–Crippen MR) is 78.6 cm³/mol. The van der Waals surface area contributed by atoms with Crippen LogP contribution in [0.3, 0.4) is 0 Å². The van der Waals surface area contributed by atoms with E-state index in [4.69, 9.17) is 16.3 Å². The molecule has 20 heavy (non-hydrogen) atoms. The highest BCUT2D eigenvalue weighted by Gasteiger charge is 2.12. The third-order valence-corrected chi connectivity index (χ3v) is 3.10. The van der Waals surface area contributed by atoms with Gasteiger partial charge in [-0.05, 0) is 35.9 Å². The van der Waals surface area contributed by atoms with Crippen molar-refractivity contribution in [2.24, 2.45) is 0 Å². The van der Waals surface area contributed by atoms with Gasteiger partial charge in [0.2, 0.25) is 0 Å². The molecule has 2 aromatic rings. The molecule has 0 saturated carbocycles. The van der Waals surface area contributed by atoms with Gasteiger partial charge in [-0.25, -0.2) is 0 Å². The molecule has 104 valence electrons. The number of ether oxygens (including phenoxy) is 1. The lowest BCUT2D eigenvalue weighted by Gasteiger charge is -2.09. The number of hydrogen-bond acceptors (Lipinski definition) is 3. The van der Waals surface area contributed by atoms with Crippen molar-refractivity contribution >= 4 is 23.2 Å². The Morgan fingerprint density at radius 2 is 2.10 bits per heavy atom. The topological polar surface area (TPSA) is 58.6 Å². The molecule has 2 aromatic carbocycles. The van der Waals surface area contributed by atoms with Gasteiger partial charge in [-0.15, -0.1) is 11.6 Å². The summed E-state index contributed by atoms with van der Waals surface area (Å²) >= 11 is 5.75. The van der Waals surface area contributed by atoms with Crippen LogP contribution in [0.2, 0.25) is 0 Å². The number of phenols is 1. The van der Waals surface area contributed by atoms with Gasteiger partial charge >= 0.3 is 0 Å². The number of carbonyl (C=O) groups is 1. The van der Waals surface area contributed by atoms with Crippen LogP contribution in [-0.4, -0.2) is 18.1 Å². The van der Waals surface area contributed by atoms with Crippen molar-refractivity contribution in [3.63, 3.8) is 0 Å². The smallest absolute Gasteiger partial charge is 0.259 e. The summed E-state index contributed by atoms with van der Waals surface area (Å²) in [7, 11) is 1.50. The largest absolute Gasteiger partial charge is 0.507 e. The Labute approximate surface area is 122 Å². The molecule has 0 atom stereocenters. The van der Waals surface area contributed by atoms with Gasteiger partial charge in [-0.3, -0.25) is 4.79 Å². The first kappa shape index (κ1) is 14.2. The lowest BCUT2D eigenvalue weighted by Crippen LogP contribution is -2.12. The van der Waals surface area contributed by atoms with E-state index in [1.807, 2.05) is 6.07 Å². The maximum absolute atomic E-state index is 12.1. The zero-order chi connectivity index (χ0) is 14.5. The second-order valence-corrected chi connectivity index (χ2v) is 4.44. The second kappa shape index (κ2) is 6.30. The Morgan fingerprint density at radius 3 is 2.80 bits per heavy atom. The number of alkyl halides is 1. The van der Waals surface area contributed by atoms with Crippen LogP contribution in [0.4, 0.5) is 5.69 Å². The van der Waals surface area contributed by atoms with Crippen LogP contribution in [0.5, 0.6) is 11.5 Å². The molecule has 0 spiro atoms. The Kier molecular flexibility index (Phi) is 4.48. The van der Waals surface area contributed by atoms with Gasteiger partial charge in [0.05, 0.1) is 12.7 Å². The van der Waals surface area contributed by atoms with Crippen LogP contribution in [0.1, 0.15) is 15.9 Å². The fraction of sp³-hybridized carbons (Fsp3) is 0.133. The average molecular weight is 292 g/mol. The number of phenolic OH excluding ortho intramolecular Hbond substituents is 1. The van der Waals surface area contributed by atoms with E-state index in [1.165, 1.54) is 19.2 Å². The third kappa shape index (κ3) is 3.22. The number of methoxy groups -OCH3 is 1. The quantitative estimate of drug-likeness (QED) is 0.849. The van der Waals surface area contributed by atoms with Gasteiger partial charge in [0, 0.05) is 11.6 Å². The van der Waals surface area contributed by atoms with E-state index >= 15 is 0 Å². The van der Waals surface area contributed by atoms with Crippen molar-refractivity contribution in [1.82, 2.24) is 0 Å². The standard InChI is InChI=1S/C15H14ClNO3/c1-20-12-5-6-14(18)13(8-12)15(19)17-11-4-2-3-10(7-11)9-16/h2-8,18H,9H2,1H3,(H,17,19). The van der Waals surface area contributed by atoms with E-state index in [-0.39, 0.29) is 11.3 Å². The fourth-order valence-electron chi connectivity index (χ4n) is 1.75. The summed E-state index contributed by atoms with van der Waals surface area (Å²) in [6.45, 7) is 0. The van der Waals surface area contributed by atoms with Gasteiger partial charge in [0.25, 0.3) is 5.91 Å². The summed E-state index contributed by atoms with van der Waals surface area (Å²) < 4.78 is 5.04. The lowest BCUT2D eigenvalue weighted by molar-refractivity contribution is 0.102. The first-order valence-corrected chi connectivity index (χ1v) is 6.50. The number of carbonyl (C=O) groups excluding carboxylic acids is 1. The molecule has 2 rings (SSSR count). The minimum absolute atomic E-state index is 0.100. The van der Waals surface area contributed by atoms with Crippen molar-refractivity contribution < 1.29 is 14.6 Å². The molecule has 0 unspecified atom stereocenters. The number of benzene rings is 2. The highest BCUT2D eigenvalue weighted by atomic mass is 35.5. The normalized spacial score (nSPS) is 10.1. The maximum atomic E-state index is 12.1. The number of rotatable bonds is 4. The van der Waals surface area contributed by atoms with Crippen molar-refractivity contribution in [1.29, 1.82) is 0 Å². The molecule has 0 aromatic heterocycles. The van der Waals surface area contributed by atoms with E-state index in [9.17, 15) is 9.90 Å². The molecule has 0 aliphatic carbocycles. The Morgan fingerprint density at radius 1 is 1.30 bits per heavy atom. The molecule has 1 amide bonds. The first-order valence-electron chi connectivity index (χ1n) is 5.97. The molecule has 0 aliphatic rings. The van der Waals surface area contributed by atoms with Crippen LogP contribution >= 0.6 is 11.6 Å². The first-order chi connectivity index (χ1) is 9.63. The van der Waals surface area contributed by atoms with Crippen LogP contribution in [0, 0.1) is 0 Å². The number of aromatic hydroxyl groups is 1. The fourth-order valence-corrected chi connectivity index (χ4v) is 1.92. The summed E-state index contributed by atoms with van der Waals surface area (Å²) in [6.07, 6.45) is 0. The molecule has 4 nitrogen and oxygen atoms in total. The number of hydrogen-bond donors (Lipinski definition) is 2. The molecule has 0 fully saturated rings. The number of nitrogens with one attached hydrogen (secondary N) is 1. The third-order valence-electron chi connectivity index (χ3n) is 2.79. The van der Waals surface area contributed by atoms with Crippen LogP contribution in [-0.2, 0) is 5.88 Å². The van der Waals surface area contributed by atoms with Crippen LogP contribution in [0.15, 0.2) is 42.5 Å². The summed E-state index contributed by atoms with van der Waals surface area (Å²) in [4.78, 5) is 12.1. The van der Waals surface area contributed by atoms with E-state index in [2.05, 4.69) is 5.32 Å². The molecular weight excluding hydrogens is 278 g/mol. The van der Waals surface area contributed by atoms with Gasteiger partial charge in [0.15, 0.2) is 0 Å². The maximum Gasteiger partial charge on any atom is 0.259 e. The highest BCUT2D eigenvalue weighted by Crippen LogP contribution is 2.24. The lowest BCUT2D eigenvalue weighted by atomic mass is 10.1. The molecule has 2 N–H and O–H groups in total. The molecule has 0 bridgehead atoms. The van der Waals surface area contributed by atoms with Crippen molar-refractivity contribution in [3.05, 3.63) is 53.6 Å². The van der Waals surface area contributed by atoms with Gasteiger partial charge in [-0.2, -0.15) is 0 Å². The van der Waals surface area contributed by atoms with Crippen LogP contribution < -0.4 is 10.1 Å². The number of anilines is 1. The van der Waals surface area contributed by atoms with E-state index in [0.29, 0.717) is 17.3 Å². The van der Waals surface area contributed by atoms with E-state index in [0.717, 1.165) is 5.56 Å². The summed E-state index contributed by atoms with van der Waals surface area (Å²) in [5.41, 5.74) is 1.68. The predicted octanol–water partition coefficient (Wildman–Crippen LogP) is 3.39. The molecule has 5 heteroatoms. The van der Waals surface area contributed by atoms with Crippen molar-refractivity contribution in [3.8, 4) is 11.5 Å². The van der Waals surface area contributed by atoms with Gasteiger partial charge in [0.1, 0.15) is 11.5 Å². The van der Waals surface area contributed by atoms with E-state index in [1.54, 1.807) is 24.3 Å². The van der Waals surface area contributed by atoms with Gasteiger partial charge in [-0.1, -0.05) is 12.1 Å². The average Bonchev–Trinajstić information content (AvgIpc) is 2.47. The monoisotopic (exact) mass is 291 g/mol. The SMILES string of the molecule is COc1ccc(O)c(C(=O)Nc2cccc(CCl)c2)c1. The van der Waals surface area contributed by atoms with Crippen molar-refractivity contribution in [2.75, 3.05) is 12.4 Å². The summed E-state index contributed by atoms with van der Waals surface area (Å²) in [5, 5.41) is 12.5. The Balaban J connectivity index is 2.23. The molecule has 0 radical (unpaired) electrons. The Hall–Kier alpha value is -2.20. The molecule has 0 saturated heterocycles. The zero-order valence-corrected chi connectivity index (χ0v) is 11.6. The number of amides is 1. The molecule has 0 aliphatic heterocycles. The minimum atomic E-state index is -0.409. The summed E-state index contributed by atoms with van der Waals surface area (Å²) in [6, 6.07) is 11.7. The van der Waals surface area contributed by atoms with Gasteiger partial charge < -0.3 is 15.2 Å². The van der Waals surface area contributed by atoms with Crippen molar-refractivity contribution in [2.45, 2.75) is 5.88 Å². The summed E-state index contributed by atoms with van der Waals surface area (Å²) in [5.74, 6) is 0.362. The minimum Gasteiger partial charge on any atom is -0.507 e. The number of halogens is 1. The zero-order valence-electron chi connectivity index (χ0n) is 10.9. The Bertz CT molecular complexity index is 628. The second-order valence-electron chi connectivity index (χ2n) is 4.17.